The van der Waals surface area contributed by atoms with Gasteiger partial charge < -0.3 is 20.4 Å². The average Bonchev–Trinajstić information content (AvgIpc) is 2.00. The first kappa shape index (κ1) is 11.8. The van der Waals surface area contributed by atoms with E-state index in [1.807, 2.05) is 0 Å². The first-order chi connectivity index (χ1) is 5.28. The van der Waals surface area contributed by atoms with E-state index in [1.165, 1.54) is 0 Å². The summed E-state index contributed by atoms with van der Waals surface area (Å²) in [5.74, 6) is 0. The van der Waals surface area contributed by atoms with Gasteiger partial charge in [0.25, 0.3) is 10.1 Å². The van der Waals surface area contributed by atoms with Crippen LogP contribution in [0.5, 0.6) is 0 Å². The molecular weight excluding hydrogens is 192 g/mol. The summed E-state index contributed by atoms with van der Waals surface area (Å²) in [6.07, 6.45) is 0. The fourth-order valence-electron chi connectivity index (χ4n) is 0.483. The van der Waals surface area contributed by atoms with E-state index in [9.17, 15) is 8.42 Å². The molecule has 7 nitrogen and oxygen atoms in total. The van der Waals surface area contributed by atoms with Crippen LogP contribution in [0.15, 0.2) is 0 Å². The van der Waals surface area contributed by atoms with Crippen molar-refractivity contribution in [3.05, 3.63) is 0 Å². The largest absolute Gasteiger partial charge is 0.393 e. The third-order valence-electron chi connectivity index (χ3n) is 1.29. The summed E-state index contributed by atoms with van der Waals surface area (Å²) >= 11 is 0. The minimum absolute atomic E-state index is 1.19. The minimum atomic E-state index is -4.90. The lowest BCUT2D eigenvalue weighted by molar-refractivity contribution is -0.104. The highest BCUT2D eigenvalue weighted by molar-refractivity contribution is 7.86. The van der Waals surface area contributed by atoms with E-state index >= 15 is 0 Å². The van der Waals surface area contributed by atoms with Crippen molar-refractivity contribution in [1.29, 1.82) is 0 Å². The van der Waals surface area contributed by atoms with Crippen LogP contribution in [0.4, 0.5) is 0 Å². The molecule has 0 amide bonds. The molecule has 5 N–H and O–H groups in total. The first-order valence-corrected chi connectivity index (χ1v) is 4.36. The van der Waals surface area contributed by atoms with E-state index in [0.29, 0.717) is 0 Å². The predicted octanol–water partition coefficient (Wildman–Crippen LogP) is -3.09. The van der Waals surface area contributed by atoms with Crippen molar-refractivity contribution in [3.63, 3.8) is 0 Å². The van der Waals surface area contributed by atoms with Gasteiger partial charge in [-0.2, -0.15) is 8.42 Å². The third-order valence-corrected chi connectivity index (χ3v) is 2.29. The van der Waals surface area contributed by atoms with Crippen molar-refractivity contribution >= 4 is 10.1 Å². The Bertz CT molecular complexity index is 228. The SMILES string of the molecule is O=S(=O)(O)C(O)C(O)(CO)CO. The topological polar surface area (TPSA) is 135 Å². The summed E-state index contributed by atoms with van der Waals surface area (Å²) < 4.78 is 28.7. The molecule has 74 valence electrons. The van der Waals surface area contributed by atoms with Crippen molar-refractivity contribution in [3.8, 4) is 0 Å². The van der Waals surface area contributed by atoms with Crippen LogP contribution in [-0.2, 0) is 10.1 Å². The molecule has 1 atom stereocenters. The second kappa shape index (κ2) is 3.64. The summed E-state index contributed by atoms with van der Waals surface area (Å²) in [6, 6.07) is 0. The fourth-order valence-corrected chi connectivity index (χ4v) is 1.19. The summed E-state index contributed by atoms with van der Waals surface area (Å²) in [7, 11) is -4.90. The van der Waals surface area contributed by atoms with E-state index in [-0.39, 0.29) is 0 Å². The molecule has 0 saturated heterocycles. The summed E-state index contributed by atoms with van der Waals surface area (Å²) in [5, 5.41) is 34.4. The smallest absolute Gasteiger partial charge is 0.295 e. The van der Waals surface area contributed by atoms with Crippen molar-refractivity contribution in [1.82, 2.24) is 0 Å². The Morgan fingerprint density at radius 2 is 1.58 bits per heavy atom. The van der Waals surface area contributed by atoms with Gasteiger partial charge in [0.05, 0.1) is 13.2 Å². The molecule has 0 aromatic carbocycles. The van der Waals surface area contributed by atoms with Crippen LogP contribution in [0.2, 0.25) is 0 Å². The third kappa shape index (κ3) is 2.37. The zero-order valence-electron chi connectivity index (χ0n) is 5.95. The molecule has 12 heavy (non-hydrogen) atoms. The number of hydrogen-bond acceptors (Lipinski definition) is 6. The lowest BCUT2D eigenvalue weighted by Crippen LogP contribution is -2.52. The second-order valence-corrected chi connectivity index (χ2v) is 3.76. The van der Waals surface area contributed by atoms with Gasteiger partial charge in [-0.1, -0.05) is 0 Å². The zero-order chi connectivity index (χ0) is 9.99. The van der Waals surface area contributed by atoms with Gasteiger partial charge in [0.1, 0.15) is 0 Å². The van der Waals surface area contributed by atoms with Crippen LogP contribution in [0, 0.1) is 0 Å². The number of aliphatic hydroxyl groups is 4. The Labute approximate surface area is 68.6 Å². The van der Waals surface area contributed by atoms with Crippen LogP contribution < -0.4 is 0 Å². The molecule has 1 unspecified atom stereocenters. The molecule has 0 aliphatic rings. The first-order valence-electron chi connectivity index (χ1n) is 2.86. The average molecular weight is 202 g/mol. The molecule has 0 fully saturated rings. The number of rotatable bonds is 4. The van der Waals surface area contributed by atoms with Crippen LogP contribution >= 0.6 is 0 Å². The van der Waals surface area contributed by atoms with Crippen molar-refractivity contribution in [2.24, 2.45) is 0 Å². The monoisotopic (exact) mass is 202 g/mol. The van der Waals surface area contributed by atoms with E-state index < -0.39 is 34.4 Å². The zero-order valence-corrected chi connectivity index (χ0v) is 6.77. The maximum atomic E-state index is 10.2. The Morgan fingerprint density at radius 3 is 1.67 bits per heavy atom. The maximum absolute atomic E-state index is 10.2. The molecule has 0 spiro atoms. The van der Waals surface area contributed by atoms with E-state index in [4.69, 9.17) is 25.0 Å². The summed E-state index contributed by atoms with van der Waals surface area (Å²) in [4.78, 5) is 0. The predicted molar refractivity (Wildman–Crippen MR) is 36.7 cm³/mol. The molecular formula is C4H10O7S. The summed E-state index contributed by atoms with van der Waals surface area (Å²) in [5.41, 5.74) is -5.27. The van der Waals surface area contributed by atoms with E-state index in [2.05, 4.69) is 0 Å². The Morgan fingerprint density at radius 1 is 1.25 bits per heavy atom. The highest BCUT2D eigenvalue weighted by Crippen LogP contribution is 2.13. The van der Waals surface area contributed by atoms with Crippen molar-refractivity contribution in [2.45, 2.75) is 11.0 Å². The normalized spacial score (nSPS) is 16.1. The van der Waals surface area contributed by atoms with Crippen LogP contribution in [-0.4, -0.2) is 57.6 Å². The van der Waals surface area contributed by atoms with Crippen LogP contribution in [0.25, 0.3) is 0 Å². The van der Waals surface area contributed by atoms with Crippen LogP contribution in [0.1, 0.15) is 0 Å². The maximum Gasteiger partial charge on any atom is 0.295 e. The lowest BCUT2D eigenvalue weighted by atomic mass is 10.1. The number of hydrogen-bond donors (Lipinski definition) is 5. The van der Waals surface area contributed by atoms with E-state index in [0.717, 1.165) is 0 Å². The minimum Gasteiger partial charge on any atom is -0.393 e. The number of aliphatic hydroxyl groups excluding tert-OH is 3. The van der Waals surface area contributed by atoms with Gasteiger partial charge in [-0.05, 0) is 0 Å². The van der Waals surface area contributed by atoms with Gasteiger partial charge in [-0.3, -0.25) is 4.55 Å². The van der Waals surface area contributed by atoms with Gasteiger partial charge in [0, 0.05) is 0 Å². The van der Waals surface area contributed by atoms with Gasteiger partial charge >= 0.3 is 0 Å². The molecule has 8 heteroatoms. The standard InChI is InChI=1S/C4H10O7S/c5-1-4(8,2-6)3(7)12(9,10)11/h3,5-8H,1-2H2,(H,9,10,11). The Hall–Kier alpha value is -0.250. The molecule has 0 bridgehead atoms. The highest BCUT2D eigenvalue weighted by atomic mass is 32.2. The molecule has 0 aliphatic carbocycles. The lowest BCUT2D eigenvalue weighted by Gasteiger charge is -2.26. The van der Waals surface area contributed by atoms with Crippen molar-refractivity contribution < 1.29 is 33.4 Å². The van der Waals surface area contributed by atoms with Crippen LogP contribution in [0.3, 0.4) is 0 Å². The Balaban J connectivity index is 4.77. The quantitative estimate of drug-likeness (QED) is 0.305. The molecule has 0 aromatic heterocycles. The molecule has 0 aliphatic heterocycles. The summed E-state index contributed by atoms with van der Waals surface area (Å²) in [6.45, 7) is -2.38. The van der Waals surface area contributed by atoms with Crippen molar-refractivity contribution in [2.75, 3.05) is 13.2 Å². The fraction of sp³-hybridized carbons (Fsp3) is 1.00. The molecule has 0 aromatic rings. The molecule has 0 rings (SSSR count). The van der Waals surface area contributed by atoms with Gasteiger partial charge in [0.2, 0.25) is 5.44 Å². The Kier molecular flexibility index (Phi) is 3.57. The molecule has 0 heterocycles. The van der Waals surface area contributed by atoms with E-state index in [1.54, 1.807) is 0 Å². The second-order valence-electron chi connectivity index (χ2n) is 2.29. The molecule has 0 saturated carbocycles. The molecule has 0 radical (unpaired) electrons. The van der Waals surface area contributed by atoms with Gasteiger partial charge in [0.15, 0.2) is 5.60 Å². The van der Waals surface area contributed by atoms with Gasteiger partial charge in [-0.15, -0.1) is 0 Å². The highest BCUT2D eigenvalue weighted by Gasteiger charge is 2.42. The van der Waals surface area contributed by atoms with Gasteiger partial charge in [-0.25, -0.2) is 0 Å².